The molecule has 0 aromatic heterocycles. The summed E-state index contributed by atoms with van der Waals surface area (Å²) in [5.41, 5.74) is 1.64. The number of imide groups is 1. The van der Waals surface area contributed by atoms with Crippen molar-refractivity contribution in [3.05, 3.63) is 99.5 Å². The van der Waals surface area contributed by atoms with Gasteiger partial charge in [-0.1, -0.05) is 46.3 Å². The summed E-state index contributed by atoms with van der Waals surface area (Å²) in [6.07, 6.45) is -0.954. The van der Waals surface area contributed by atoms with Crippen LogP contribution < -0.4 is 4.90 Å². The topological polar surface area (TPSA) is 80.8 Å². The molecule has 0 saturated heterocycles. The van der Waals surface area contributed by atoms with E-state index < -0.39 is 23.9 Å². The number of carbonyl (C=O) groups is 4. The molecule has 3 aromatic rings. The smallest absolute Gasteiger partial charge is 0.338 e. The van der Waals surface area contributed by atoms with E-state index in [0.29, 0.717) is 26.9 Å². The second-order valence-electron chi connectivity index (χ2n) is 6.96. The van der Waals surface area contributed by atoms with Crippen LogP contribution in [0.4, 0.5) is 5.69 Å². The minimum absolute atomic E-state index is 0.204. The number of carbonyl (C=O) groups excluding carboxylic acids is 4. The van der Waals surface area contributed by atoms with Gasteiger partial charge >= 0.3 is 5.97 Å². The number of nitrogens with zero attached hydrogens (tertiary/aromatic N) is 1. The van der Waals surface area contributed by atoms with E-state index in [4.69, 9.17) is 4.74 Å². The summed E-state index contributed by atoms with van der Waals surface area (Å²) >= 11 is 3.30. The first-order valence-electron chi connectivity index (χ1n) is 9.45. The summed E-state index contributed by atoms with van der Waals surface area (Å²) in [7, 11) is 0. The van der Waals surface area contributed by atoms with Crippen LogP contribution in [-0.2, 0) is 4.74 Å². The Morgan fingerprint density at radius 3 is 2.16 bits per heavy atom. The maximum absolute atomic E-state index is 12.7. The van der Waals surface area contributed by atoms with Gasteiger partial charge in [0.05, 0.1) is 22.4 Å². The minimum atomic E-state index is -0.954. The van der Waals surface area contributed by atoms with E-state index >= 15 is 0 Å². The first-order chi connectivity index (χ1) is 14.9. The van der Waals surface area contributed by atoms with Gasteiger partial charge < -0.3 is 4.74 Å². The van der Waals surface area contributed by atoms with Gasteiger partial charge in [-0.05, 0) is 49.4 Å². The zero-order chi connectivity index (χ0) is 22.1. The molecule has 0 N–H and O–H groups in total. The molecular formula is C24H16BrNO5. The molecule has 3 aromatic carbocycles. The lowest BCUT2D eigenvalue weighted by molar-refractivity contribution is 0.0319. The van der Waals surface area contributed by atoms with E-state index in [-0.39, 0.29) is 11.3 Å². The average Bonchev–Trinajstić information content (AvgIpc) is 3.03. The third-order valence-corrected chi connectivity index (χ3v) is 5.41. The zero-order valence-electron chi connectivity index (χ0n) is 16.4. The monoisotopic (exact) mass is 477 g/mol. The highest BCUT2D eigenvalue weighted by Crippen LogP contribution is 2.30. The van der Waals surface area contributed by atoms with Gasteiger partial charge in [0.1, 0.15) is 0 Å². The highest BCUT2D eigenvalue weighted by Gasteiger charge is 2.36. The van der Waals surface area contributed by atoms with Crippen LogP contribution in [0.1, 0.15) is 48.4 Å². The lowest BCUT2D eigenvalue weighted by Gasteiger charge is -2.15. The maximum Gasteiger partial charge on any atom is 0.338 e. The van der Waals surface area contributed by atoms with Gasteiger partial charge in [-0.25, -0.2) is 9.69 Å². The van der Waals surface area contributed by atoms with Gasteiger partial charge in [0.25, 0.3) is 11.8 Å². The summed E-state index contributed by atoms with van der Waals surface area (Å²) in [5, 5.41) is 0. The SMILES string of the molecule is C[C@H](OC(=O)c1ccc(N2C(=O)c3ccc(Br)cc3C2=O)cc1)C(=O)c1ccccc1. The maximum atomic E-state index is 12.7. The second kappa shape index (κ2) is 8.28. The molecule has 4 rings (SSSR count). The van der Waals surface area contributed by atoms with Crippen molar-refractivity contribution in [1.29, 1.82) is 0 Å². The molecule has 0 saturated carbocycles. The highest BCUT2D eigenvalue weighted by molar-refractivity contribution is 9.10. The van der Waals surface area contributed by atoms with Crippen LogP contribution in [0.2, 0.25) is 0 Å². The molecular weight excluding hydrogens is 462 g/mol. The van der Waals surface area contributed by atoms with Crippen molar-refractivity contribution in [3.63, 3.8) is 0 Å². The molecule has 7 heteroatoms. The van der Waals surface area contributed by atoms with E-state index in [0.717, 1.165) is 4.90 Å². The number of benzene rings is 3. The fraction of sp³-hybridized carbons (Fsp3) is 0.0833. The second-order valence-corrected chi connectivity index (χ2v) is 7.88. The number of hydrogen-bond donors (Lipinski definition) is 0. The van der Waals surface area contributed by atoms with Crippen LogP contribution in [0, 0.1) is 0 Å². The predicted octanol–water partition coefficient (Wildman–Crippen LogP) is 4.68. The summed E-state index contributed by atoms with van der Waals surface area (Å²) in [6, 6.07) is 19.4. The number of ketones is 1. The van der Waals surface area contributed by atoms with Crippen LogP contribution in [0.15, 0.2) is 77.3 Å². The molecule has 154 valence electrons. The fourth-order valence-corrected chi connectivity index (χ4v) is 3.67. The fourth-order valence-electron chi connectivity index (χ4n) is 3.31. The quantitative estimate of drug-likeness (QED) is 0.302. The Morgan fingerprint density at radius 1 is 0.839 bits per heavy atom. The number of hydrogen-bond acceptors (Lipinski definition) is 5. The van der Waals surface area contributed by atoms with Gasteiger partial charge in [-0.3, -0.25) is 14.4 Å². The van der Waals surface area contributed by atoms with Crippen molar-refractivity contribution in [3.8, 4) is 0 Å². The molecule has 0 fully saturated rings. The van der Waals surface area contributed by atoms with Gasteiger partial charge in [0, 0.05) is 10.0 Å². The van der Waals surface area contributed by atoms with Crippen LogP contribution in [-0.4, -0.2) is 29.7 Å². The van der Waals surface area contributed by atoms with E-state index in [1.165, 1.54) is 31.2 Å². The van der Waals surface area contributed by atoms with Crippen molar-refractivity contribution in [1.82, 2.24) is 0 Å². The van der Waals surface area contributed by atoms with Crippen molar-refractivity contribution in [2.75, 3.05) is 4.90 Å². The molecule has 0 unspecified atom stereocenters. The van der Waals surface area contributed by atoms with Crippen LogP contribution in [0.25, 0.3) is 0 Å². The zero-order valence-corrected chi connectivity index (χ0v) is 18.0. The van der Waals surface area contributed by atoms with E-state index in [1.54, 1.807) is 48.5 Å². The number of anilines is 1. The van der Waals surface area contributed by atoms with Gasteiger partial charge in [-0.2, -0.15) is 0 Å². The molecule has 0 radical (unpaired) electrons. The lowest BCUT2D eigenvalue weighted by Crippen LogP contribution is -2.29. The van der Waals surface area contributed by atoms with Gasteiger partial charge in [-0.15, -0.1) is 0 Å². The minimum Gasteiger partial charge on any atom is -0.451 e. The Kier molecular flexibility index (Phi) is 5.52. The predicted molar refractivity (Wildman–Crippen MR) is 117 cm³/mol. The first-order valence-corrected chi connectivity index (χ1v) is 10.2. The Hall–Kier alpha value is -3.58. The summed E-state index contributed by atoms with van der Waals surface area (Å²) in [5.74, 6) is -1.83. The molecule has 2 amide bonds. The largest absolute Gasteiger partial charge is 0.451 e. The van der Waals surface area contributed by atoms with Crippen LogP contribution >= 0.6 is 15.9 Å². The Morgan fingerprint density at radius 2 is 1.48 bits per heavy atom. The molecule has 31 heavy (non-hydrogen) atoms. The number of fused-ring (bicyclic) bond motifs is 1. The number of ether oxygens (including phenoxy) is 1. The van der Waals surface area contributed by atoms with Crippen LogP contribution in [0.5, 0.6) is 0 Å². The number of rotatable bonds is 5. The van der Waals surface area contributed by atoms with E-state index in [2.05, 4.69) is 15.9 Å². The first kappa shape index (κ1) is 20.7. The standard InChI is InChI=1S/C24H16BrNO5/c1-14(21(27)15-5-3-2-4-6-15)31-24(30)16-7-10-18(11-8-16)26-22(28)19-12-9-17(25)13-20(19)23(26)29/h2-14H,1H3/t14-/m0/s1. The molecule has 0 spiro atoms. The van der Waals surface area contributed by atoms with E-state index in [1.807, 2.05) is 0 Å². The van der Waals surface area contributed by atoms with Crippen molar-refractivity contribution in [2.24, 2.45) is 0 Å². The molecule has 1 heterocycles. The van der Waals surface area contributed by atoms with E-state index in [9.17, 15) is 19.2 Å². The van der Waals surface area contributed by atoms with Crippen molar-refractivity contribution >= 4 is 45.2 Å². The van der Waals surface area contributed by atoms with Gasteiger partial charge in [0.15, 0.2) is 6.10 Å². The van der Waals surface area contributed by atoms with Crippen LogP contribution in [0.3, 0.4) is 0 Å². The molecule has 1 atom stereocenters. The average molecular weight is 478 g/mol. The summed E-state index contributed by atoms with van der Waals surface area (Å²) in [6.45, 7) is 1.51. The highest BCUT2D eigenvalue weighted by atomic mass is 79.9. The lowest BCUT2D eigenvalue weighted by atomic mass is 10.1. The summed E-state index contributed by atoms with van der Waals surface area (Å²) < 4.78 is 5.98. The molecule has 6 nitrogen and oxygen atoms in total. The molecule has 1 aliphatic rings. The number of esters is 1. The number of amides is 2. The number of halogens is 1. The Bertz CT molecular complexity index is 1200. The van der Waals surface area contributed by atoms with Gasteiger partial charge in [0.2, 0.25) is 5.78 Å². The third kappa shape index (κ3) is 3.92. The van der Waals surface area contributed by atoms with Crippen molar-refractivity contribution in [2.45, 2.75) is 13.0 Å². The third-order valence-electron chi connectivity index (χ3n) is 4.92. The molecule has 1 aliphatic heterocycles. The normalized spacial score (nSPS) is 13.7. The van der Waals surface area contributed by atoms with Crippen molar-refractivity contribution < 1.29 is 23.9 Å². The molecule has 0 aliphatic carbocycles. The molecule has 0 bridgehead atoms. The number of Topliss-reactive ketones (excluding diaryl/α,β-unsaturated/α-hetero) is 1. The summed E-state index contributed by atoms with van der Waals surface area (Å²) in [4.78, 5) is 51.2. The Labute approximate surface area is 186 Å². The Balaban J connectivity index is 1.48.